The van der Waals surface area contributed by atoms with Gasteiger partial charge in [-0.15, -0.1) is 24.8 Å². The van der Waals surface area contributed by atoms with Crippen LogP contribution < -0.4 is 15.5 Å². The third kappa shape index (κ3) is 4.09. The van der Waals surface area contributed by atoms with Crippen LogP contribution in [0.2, 0.25) is 0 Å². The van der Waals surface area contributed by atoms with Crippen molar-refractivity contribution in [1.29, 1.82) is 0 Å². The molecule has 3 rings (SSSR count). The van der Waals surface area contributed by atoms with Crippen molar-refractivity contribution in [3.8, 4) is 0 Å². The summed E-state index contributed by atoms with van der Waals surface area (Å²) in [7, 11) is 0. The number of carbonyl (C=O) groups is 2. The molecule has 0 radical (unpaired) electrons. The number of anilines is 1. The van der Waals surface area contributed by atoms with Crippen LogP contribution in [0.4, 0.5) is 5.82 Å². The maximum atomic E-state index is 11.9. The van der Waals surface area contributed by atoms with Crippen LogP contribution in [0.1, 0.15) is 24.3 Å². The molecule has 3 heterocycles. The third-order valence-corrected chi connectivity index (χ3v) is 3.85. The van der Waals surface area contributed by atoms with Crippen LogP contribution in [0.3, 0.4) is 0 Å². The van der Waals surface area contributed by atoms with Gasteiger partial charge in [-0.2, -0.15) is 0 Å². The zero-order valence-corrected chi connectivity index (χ0v) is 13.7. The number of aromatic nitrogens is 1. The summed E-state index contributed by atoms with van der Waals surface area (Å²) in [5.41, 5.74) is 0.943. The van der Waals surface area contributed by atoms with Gasteiger partial charge >= 0.3 is 0 Å². The van der Waals surface area contributed by atoms with E-state index in [1.54, 1.807) is 6.20 Å². The number of hydrogen-bond donors (Lipinski definition) is 2. The van der Waals surface area contributed by atoms with Crippen molar-refractivity contribution < 1.29 is 9.59 Å². The van der Waals surface area contributed by atoms with Gasteiger partial charge in [0.2, 0.25) is 11.8 Å². The van der Waals surface area contributed by atoms with Gasteiger partial charge < -0.3 is 10.2 Å². The maximum absolute atomic E-state index is 11.9. The van der Waals surface area contributed by atoms with Crippen LogP contribution in [0.5, 0.6) is 0 Å². The molecule has 2 N–H and O–H groups in total. The average Bonchev–Trinajstić information content (AvgIpc) is 2.48. The highest BCUT2D eigenvalue weighted by Crippen LogP contribution is 2.26. The molecule has 2 aliphatic heterocycles. The lowest BCUT2D eigenvalue weighted by molar-refractivity contribution is -0.134. The van der Waals surface area contributed by atoms with E-state index in [0.29, 0.717) is 12.8 Å². The Bertz CT molecular complexity index is 535. The number of rotatable bonds is 2. The second-order valence-electron chi connectivity index (χ2n) is 5.19. The summed E-state index contributed by atoms with van der Waals surface area (Å²) in [4.78, 5) is 29.7. The van der Waals surface area contributed by atoms with Crippen molar-refractivity contribution in [3.05, 3.63) is 23.9 Å². The van der Waals surface area contributed by atoms with Crippen molar-refractivity contribution in [2.75, 3.05) is 31.1 Å². The molecule has 0 aliphatic carbocycles. The first-order chi connectivity index (χ1) is 9.74. The van der Waals surface area contributed by atoms with E-state index in [4.69, 9.17) is 0 Å². The lowest BCUT2D eigenvalue weighted by atomic mass is 9.91. The monoisotopic (exact) mass is 346 g/mol. The Morgan fingerprint density at radius 2 is 1.91 bits per heavy atom. The minimum Gasteiger partial charge on any atom is -0.354 e. The molecule has 0 aromatic carbocycles. The predicted octanol–water partition coefficient (Wildman–Crippen LogP) is 0.855. The summed E-state index contributed by atoms with van der Waals surface area (Å²) in [6.07, 6.45) is 2.73. The van der Waals surface area contributed by atoms with Crippen LogP contribution in [-0.2, 0) is 9.59 Å². The van der Waals surface area contributed by atoms with Crippen molar-refractivity contribution in [3.63, 3.8) is 0 Å². The first kappa shape index (κ1) is 18.7. The quantitative estimate of drug-likeness (QED) is 0.776. The summed E-state index contributed by atoms with van der Waals surface area (Å²) in [5.74, 6) is 0.299. The van der Waals surface area contributed by atoms with Gasteiger partial charge in [0.25, 0.3) is 0 Å². The number of carbonyl (C=O) groups excluding carboxylic acids is 2. The van der Waals surface area contributed by atoms with Gasteiger partial charge in [0.05, 0.1) is 5.92 Å². The zero-order chi connectivity index (χ0) is 13.9. The van der Waals surface area contributed by atoms with E-state index in [9.17, 15) is 9.59 Å². The van der Waals surface area contributed by atoms with E-state index in [2.05, 4.69) is 20.5 Å². The van der Waals surface area contributed by atoms with E-state index >= 15 is 0 Å². The van der Waals surface area contributed by atoms with Gasteiger partial charge in [0, 0.05) is 38.8 Å². The molecule has 0 bridgehead atoms. The van der Waals surface area contributed by atoms with E-state index in [1.807, 2.05) is 12.1 Å². The van der Waals surface area contributed by atoms with Crippen LogP contribution in [0.25, 0.3) is 0 Å². The topological polar surface area (TPSA) is 74.3 Å². The normalized spacial score (nSPS) is 21.5. The second-order valence-corrected chi connectivity index (χ2v) is 5.19. The molecule has 1 aromatic heterocycles. The Hall–Kier alpha value is -1.37. The molecule has 8 heteroatoms. The number of amides is 2. The average molecular weight is 347 g/mol. The highest BCUT2D eigenvalue weighted by atomic mass is 35.5. The molecule has 2 saturated heterocycles. The zero-order valence-electron chi connectivity index (χ0n) is 12.1. The number of nitrogens with one attached hydrogen (secondary N) is 2. The molecule has 122 valence electrons. The number of imide groups is 1. The molecule has 6 nitrogen and oxygen atoms in total. The first-order valence-electron chi connectivity index (χ1n) is 6.99. The van der Waals surface area contributed by atoms with Crippen molar-refractivity contribution >= 4 is 42.4 Å². The van der Waals surface area contributed by atoms with Gasteiger partial charge in [-0.3, -0.25) is 14.9 Å². The van der Waals surface area contributed by atoms with Crippen molar-refractivity contribution in [1.82, 2.24) is 15.6 Å². The fourth-order valence-electron chi connectivity index (χ4n) is 2.73. The highest BCUT2D eigenvalue weighted by Gasteiger charge is 2.28. The number of piperazine rings is 1. The maximum Gasteiger partial charge on any atom is 0.234 e. The van der Waals surface area contributed by atoms with E-state index < -0.39 is 0 Å². The van der Waals surface area contributed by atoms with Crippen LogP contribution in [0, 0.1) is 0 Å². The fraction of sp³-hybridized carbons (Fsp3) is 0.500. The van der Waals surface area contributed by atoms with Crippen LogP contribution in [-0.4, -0.2) is 43.0 Å². The van der Waals surface area contributed by atoms with Crippen molar-refractivity contribution in [2.24, 2.45) is 0 Å². The molecule has 0 spiro atoms. The van der Waals surface area contributed by atoms with Crippen molar-refractivity contribution in [2.45, 2.75) is 18.8 Å². The Labute approximate surface area is 141 Å². The molecule has 2 fully saturated rings. The molecule has 2 amide bonds. The summed E-state index contributed by atoms with van der Waals surface area (Å²) in [5, 5.41) is 5.71. The lowest BCUT2D eigenvalue weighted by Gasteiger charge is -2.29. The Morgan fingerprint density at radius 3 is 2.59 bits per heavy atom. The molecule has 1 aromatic rings. The van der Waals surface area contributed by atoms with Crippen LogP contribution >= 0.6 is 24.8 Å². The Kier molecular flexibility index (Phi) is 7.06. The molecule has 1 unspecified atom stereocenters. The first-order valence-corrected chi connectivity index (χ1v) is 6.99. The van der Waals surface area contributed by atoms with E-state index in [0.717, 1.165) is 37.6 Å². The standard InChI is InChI=1S/C14H18N4O2.2ClH/c19-13-2-1-11(14(20)17-13)10-3-4-16-12(9-10)18-7-5-15-6-8-18;;/h3-4,9,11,15H,1-2,5-8H2,(H,17,19,20);2*1H. The number of halogens is 2. The van der Waals surface area contributed by atoms with Gasteiger partial charge in [-0.1, -0.05) is 0 Å². The van der Waals surface area contributed by atoms with E-state index in [1.165, 1.54) is 0 Å². The Balaban J connectivity index is 0.00000121. The molecular formula is C14H20Cl2N4O2. The third-order valence-electron chi connectivity index (χ3n) is 3.85. The minimum atomic E-state index is -0.239. The molecule has 2 aliphatic rings. The molecular weight excluding hydrogens is 327 g/mol. The Morgan fingerprint density at radius 1 is 1.18 bits per heavy atom. The number of nitrogens with zero attached hydrogens (tertiary/aromatic N) is 2. The fourth-order valence-corrected chi connectivity index (χ4v) is 2.73. The van der Waals surface area contributed by atoms with Gasteiger partial charge in [0.15, 0.2) is 0 Å². The van der Waals surface area contributed by atoms with Gasteiger partial charge in [0.1, 0.15) is 5.82 Å². The SMILES string of the molecule is Cl.Cl.O=C1CCC(c2ccnc(N3CCNCC3)c2)C(=O)N1. The highest BCUT2D eigenvalue weighted by molar-refractivity contribution is 6.00. The van der Waals surface area contributed by atoms with E-state index in [-0.39, 0.29) is 42.5 Å². The largest absolute Gasteiger partial charge is 0.354 e. The summed E-state index contributed by atoms with van der Waals surface area (Å²) in [6.45, 7) is 3.74. The summed E-state index contributed by atoms with van der Waals surface area (Å²) in [6, 6.07) is 3.84. The number of hydrogen-bond acceptors (Lipinski definition) is 5. The minimum absolute atomic E-state index is 0. The molecule has 22 heavy (non-hydrogen) atoms. The second kappa shape index (κ2) is 8.31. The summed E-state index contributed by atoms with van der Waals surface area (Å²) < 4.78 is 0. The van der Waals surface area contributed by atoms with Gasteiger partial charge in [-0.25, -0.2) is 4.98 Å². The molecule has 0 saturated carbocycles. The lowest BCUT2D eigenvalue weighted by Crippen LogP contribution is -2.44. The number of pyridine rings is 1. The summed E-state index contributed by atoms with van der Waals surface area (Å²) >= 11 is 0. The number of piperidine rings is 1. The van der Waals surface area contributed by atoms with Gasteiger partial charge in [-0.05, 0) is 24.1 Å². The van der Waals surface area contributed by atoms with Crippen LogP contribution in [0.15, 0.2) is 18.3 Å². The molecule has 1 atom stereocenters. The predicted molar refractivity (Wildman–Crippen MR) is 88.9 cm³/mol. The smallest absolute Gasteiger partial charge is 0.234 e.